The van der Waals surface area contributed by atoms with Crippen molar-refractivity contribution in [2.75, 3.05) is 23.3 Å². The maximum absolute atomic E-state index is 12.2. The molecule has 0 atom stereocenters. The number of para-hydroxylation sites is 2. The molecule has 1 aromatic rings. The average molecular weight is 287 g/mol. The van der Waals surface area contributed by atoms with E-state index >= 15 is 0 Å². The fourth-order valence-electron chi connectivity index (χ4n) is 3.31. The fraction of sp³-hybridized carbons (Fsp3) is 0.588. The van der Waals surface area contributed by atoms with Crippen molar-refractivity contribution < 1.29 is 4.79 Å². The third-order valence-electron chi connectivity index (χ3n) is 4.74. The molecule has 1 aliphatic carbocycles. The maximum atomic E-state index is 12.2. The van der Waals surface area contributed by atoms with Crippen LogP contribution in [-0.2, 0) is 4.79 Å². The normalized spacial score (nSPS) is 20.7. The third-order valence-corrected chi connectivity index (χ3v) is 4.74. The Morgan fingerprint density at radius 2 is 1.86 bits per heavy atom. The van der Waals surface area contributed by atoms with E-state index in [9.17, 15) is 4.79 Å². The Labute approximate surface area is 126 Å². The molecule has 2 fully saturated rings. The lowest BCUT2D eigenvalue weighted by Crippen LogP contribution is -2.49. The number of piperidine rings is 1. The molecular formula is C17H25N3O. The van der Waals surface area contributed by atoms with Crippen LogP contribution in [0, 0.1) is 0 Å². The highest BCUT2D eigenvalue weighted by Crippen LogP contribution is 2.33. The molecule has 1 aliphatic heterocycles. The molecule has 0 spiro atoms. The van der Waals surface area contributed by atoms with Crippen LogP contribution < -0.4 is 16.0 Å². The molecule has 1 heterocycles. The van der Waals surface area contributed by atoms with Gasteiger partial charge < -0.3 is 16.0 Å². The second-order valence-corrected chi connectivity index (χ2v) is 6.51. The number of anilines is 2. The van der Waals surface area contributed by atoms with E-state index in [4.69, 9.17) is 5.73 Å². The first-order valence-electron chi connectivity index (χ1n) is 8.09. The SMILES string of the molecule is NC1(CC(=O)Nc2ccccc2N2CCCCC2)CCC1. The number of carbonyl (C=O) groups excluding carboxylic acids is 1. The van der Waals surface area contributed by atoms with Gasteiger partial charge in [0.1, 0.15) is 0 Å². The second kappa shape index (κ2) is 6.06. The third kappa shape index (κ3) is 3.38. The van der Waals surface area contributed by atoms with Crippen LogP contribution in [0.4, 0.5) is 11.4 Å². The van der Waals surface area contributed by atoms with Gasteiger partial charge in [0.2, 0.25) is 5.91 Å². The van der Waals surface area contributed by atoms with Gasteiger partial charge in [0.15, 0.2) is 0 Å². The van der Waals surface area contributed by atoms with Crippen LogP contribution in [0.2, 0.25) is 0 Å². The van der Waals surface area contributed by atoms with Crippen molar-refractivity contribution in [3.63, 3.8) is 0 Å². The van der Waals surface area contributed by atoms with E-state index in [0.717, 1.165) is 43.7 Å². The molecule has 1 saturated carbocycles. The van der Waals surface area contributed by atoms with Crippen LogP contribution in [0.1, 0.15) is 44.9 Å². The zero-order valence-electron chi connectivity index (χ0n) is 12.6. The quantitative estimate of drug-likeness (QED) is 0.895. The Hall–Kier alpha value is -1.55. The molecule has 0 unspecified atom stereocenters. The first kappa shape index (κ1) is 14.4. The van der Waals surface area contributed by atoms with Crippen molar-refractivity contribution in [1.29, 1.82) is 0 Å². The predicted molar refractivity (Wildman–Crippen MR) is 86.5 cm³/mol. The summed E-state index contributed by atoms with van der Waals surface area (Å²) in [5, 5.41) is 3.07. The molecule has 1 amide bonds. The lowest BCUT2D eigenvalue weighted by Gasteiger charge is -2.37. The van der Waals surface area contributed by atoms with Gasteiger partial charge in [-0.25, -0.2) is 0 Å². The van der Waals surface area contributed by atoms with Crippen LogP contribution >= 0.6 is 0 Å². The van der Waals surface area contributed by atoms with Crippen molar-refractivity contribution in [3.05, 3.63) is 24.3 Å². The molecule has 0 radical (unpaired) electrons. The standard InChI is InChI=1S/C17H25N3O/c18-17(9-6-10-17)13-16(21)19-14-7-2-3-8-15(14)20-11-4-1-5-12-20/h2-3,7-8H,1,4-6,9-13,18H2,(H,19,21). The van der Waals surface area contributed by atoms with Crippen molar-refractivity contribution in [2.24, 2.45) is 5.73 Å². The van der Waals surface area contributed by atoms with Gasteiger partial charge in [0.25, 0.3) is 0 Å². The molecule has 1 saturated heterocycles. The summed E-state index contributed by atoms with van der Waals surface area (Å²) < 4.78 is 0. The van der Waals surface area contributed by atoms with Crippen molar-refractivity contribution in [2.45, 2.75) is 50.5 Å². The summed E-state index contributed by atoms with van der Waals surface area (Å²) in [5.41, 5.74) is 7.97. The number of carbonyl (C=O) groups is 1. The van der Waals surface area contributed by atoms with Crippen molar-refractivity contribution in [3.8, 4) is 0 Å². The minimum atomic E-state index is -0.260. The monoisotopic (exact) mass is 287 g/mol. The summed E-state index contributed by atoms with van der Waals surface area (Å²) in [6, 6.07) is 8.11. The van der Waals surface area contributed by atoms with Crippen LogP contribution in [0.5, 0.6) is 0 Å². The minimum Gasteiger partial charge on any atom is -0.370 e. The second-order valence-electron chi connectivity index (χ2n) is 6.51. The fourth-order valence-corrected chi connectivity index (χ4v) is 3.31. The molecule has 0 bridgehead atoms. The van der Waals surface area contributed by atoms with Crippen molar-refractivity contribution in [1.82, 2.24) is 0 Å². The number of nitrogens with two attached hydrogens (primary N) is 1. The topological polar surface area (TPSA) is 58.4 Å². The van der Waals surface area contributed by atoms with Gasteiger partial charge in [0.05, 0.1) is 11.4 Å². The number of rotatable bonds is 4. The highest BCUT2D eigenvalue weighted by atomic mass is 16.1. The summed E-state index contributed by atoms with van der Waals surface area (Å²) in [6.45, 7) is 2.15. The maximum Gasteiger partial charge on any atom is 0.226 e. The van der Waals surface area contributed by atoms with E-state index in [2.05, 4.69) is 16.3 Å². The Bertz CT molecular complexity index is 505. The molecule has 4 heteroatoms. The zero-order chi connectivity index (χ0) is 14.7. The van der Waals surface area contributed by atoms with Gasteiger partial charge in [-0.1, -0.05) is 12.1 Å². The summed E-state index contributed by atoms with van der Waals surface area (Å²) >= 11 is 0. The lowest BCUT2D eigenvalue weighted by atomic mass is 9.75. The van der Waals surface area contributed by atoms with Crippen molar-refractivity contribution >= 4 is 17.3 Å². The zero-order valence-corrected chi connectivity index (χ0v) is 12.6. The van der Waals surface area contributed by atoms with Gasteiger partial charge in [-0.05, 0) is 50.7 Å². The largest absolute Gasteiger partial charge is 0.370 e. The summed E-state index contributed by atoms with van der Waals surface area (Å²) in [7, 11) is 0. The number of nitrogens with zero attached hydrogens (tertiary/aromatic N) is 1. The molecule has 3 rings (SSSR count). The number of hydrogen-bond donors (Lipinski definition) is 2. The molecule has 4 nitrogen and oxygen atoms in total. The molecule has 1 aromatic carbocycles. The molecule has 3 N–H and O–H groups in total. The average Bonchev–Trinajstić information content (AvgIpc) is 2.47. The van der Waals surface area contributed by atoms with Gasteiger partial charge in [-0.15, -0.1) is 0 Å². The number of amides is 1. The summed E-state index contributed by atoms with van der Waals surface area (Å²) in [4.78, 5) is 14.6. The molecule has 2 aliphatic rings. The van der Waals surface area contributed by atoms with Crippen LogP contribution in [-0.4, -0.2) is 24.5 Å². The molecular weight excluding hydrogens is 262 g/mol. The van der Waals surface area contributed by atoms with E-state index in [1.54, 1.807) is 0 Å². The van der Waals surface area contributed by atoms with E-state index in [1.807, 2.05) is 18.2 Å². The van der Waals surface area contributed by atoms with Gasteiger partial charge in [0, 0.05) is 25.0 Å². The smallest absolute Gasteiger partial charge is 0.226 e. The number of hydrogen-bond acceptors (Lipinski definition) is 3. The van der Waals surface area contributed by atoms with Gasteiger partial charge in [-0.3, -0.25) is 4.79 Å². The summed E-state index contributed by atoms with van der Waals surface area (Å²) in [6.07, 6.45) is 7.28. The van der Waals surface area contributed by atoms with E-state index in [1.165, 1.54) is 19.3 Å². The first-order valence-corrected chi connectivity index (χ1v) is 8.09. The van der Waals surface area contributed by atoms with E-state index in [0.29, 0.717) is 6.42 Å². The van der Waals surface area contributed by atoms with E-state index in [-0.39, 0.29) is 11.4 Å². The van der Waals surface area contributed by atoms with Crippen LogP contribution in [0.3, 0.4) is 0 Å². The van der Waals surface area contributed by atoms with E-state index < -0.39 is 0 Å². The molecule has 21 heavy (non-hydrogen) atoms. The Morgan fingerprint density at radius 1 is 1.14 bits per heavy atom. The Balaban J connectivity index is 1.68. The van der Waals surface area contributed by atoms with Crippen LogP contribution in [0.15, 0.2) is 24.3 Å². The summed E-state index contributed by atoms with van der Waals surface area (Å²) in [5.74, 6) is 0.0432. The number of nitrogens with one attached hydrogen (secondary N) is 1. The molecule has 114 valence electrons. The highest BCUT2D eigenvalue weighted by Gasteiger charge is 2.34. The predicted octanol–water partition coefficient (Wildman–Crippen LogP) is 2.89. The first-order chi connectivity index (χ1) is 10.2. The van der Waals surface area contributed by atoms with Crippen LogP contribution in [0.25, 0.3) is 0 Å². The Morgan fingerprint density at radius 3 is 2.52 bits per heavy atom. The molecule has 0 aromatic heterocycles. The van der Waals surface area contributed by atoms with Gasteiger partial charge in [-0.2, -0.15) is 0 Å². The lowest BCUT2D eigenvalue weighted by molar-refractivity contribution is -0.118. The number of benzene rings is 1. The Kier molecular flexibility index (Phi) is 4.15. The minimum absolute atomic E-state index is 0.0432. The van der Waals surface area contributed by atoms with Gasteiger partial charge >= 0.3 is 0 Å². The highest BCUT2D eigenvalue weighted by molar-refractivity contribution is 5.95.